The molecule has 9 heavy (non-hydrogen) atoms. The number of terminal acetylenes is 1. The van der Waals surface area contributed by atoms with Crippen molar-refractivity contribution < 1.29 is 0 Å². The van der Waals surface area contributed by atoms with Crippen LogP contribution in [0.2, 0.25) is 0 Å². The Hall–Kier alpha value is -1.36. The molecule has 0 N–H and O–H groups in total. The summed E-state index contributed by atoms with van der Waals surface area (Å²) < 4.78 is 0. The zero-order chi connectivity index (χ0) is 6.69. The van der Waals surface area contributed by atoms with Crippen molar-refractivity contribution >= 4 is 0 Å². The summed E-state index contributed by atoms with van der Waals surface area (Å²) in [6, 6.07) is 0. The van der Waals surface area contributed by atoms with E-state index in [0.717, 1.165) is 11.3 Å². The van der Waals surface area contributed by atoms with Gasteiger partial charge in [-0.05, 0) is 6.92 Å². The molecule has 0 aliphatic carbocycles. The van der Waals surface area contributed by atoms with Crippen LogP contribution in [0.1, 0.15) is 11.3 Å². The normalized spacial score (nSPS) is 8.44. The van der Waals surface area contributed by atoms with E-state index in [-0.39, 0.29) is 0 Å². The largest absolute Gasteiger partial charge is 0.244 e. The van der Waals surface area contributed by atoms with Crippen molar-refractivity contribution in [1.82, 2.24) is 9.97 Å². The minimum absolute atomic E-state index is 0.762. The van der Waals surface area contributed by atoms with Gasteiger partial charge >= 0.3 is 0 Å². The van der Waals surface area contributed by atoms with Crippen LogP contribution in [0.4, 0.5) is 0 Å². The molecule has 1 heterocycles. The standard InChI is InChI=1S/C7H6N2/c1-3-7-4-8-5-9-6(7)2/h1,4-5H,2H3. The van der Waals surface area contributed by atoms with Gasteiger partial charge in [-0.2, -0.15) is 0 Å². The number of aryl methyl sites for hydroxylation is 1. The minimum atomic E-state index is 0.762. The molecule has 44 valence electrons. The quantitative estimate of drug-likeness (QED) is 0.470. The average molecular weight is 118 g/mol. The first-order valence-electron chi connectivity index (χ1n) is 2.58. The Bertz CT molecular complexity index is 247. The highest BCUT2D eigenvalue weighted by atomic mass is 14.8. The van der Waals surface area contributed by atoms with E-state index < -0.39 is 0 Å². The van der Waals surface area contributed by atoms with Crippen LogP contribution in [0.5, 0.6) is 0 Å². The number of hydrogen-bond acceptors (Lipinski definition) is 2. The monoisotopic (exact) mass is 118 g/mol. The maximum Gasteiger partial charge on any atom is 0.115 e. The van der Waals surface area contributed by atoms with E-state index in [2.05, 4.69) is 15.9 Å². The first kappa shape index (κ1) is 5.77. The van der Waals surface area contributed by atoms with Crippen molar-refractivity contribution in [2.45, 2.75) is 6.92 Å². The van der Waals surface area contributed by atoms with Crippen LogP contribution in [0.3, 0.4) is 0 Å². The second kappa shape index (κ2) is 2.27. The first-order valence-corrected chi connectivity index (χ1v) is 2.58. The van der Waals surface area contributed by atoms with E-state index in [1.54, 1.807) is 6.20 Å². The predicted octanol–water partition coefficient (Wildman–Crippen LogP) is 0.766. The molecular weight excluding hydrogens is 112 g/mol. The molecule has 2 nitrogen and oxygen atoms in total. The summed E-state index contributed by atoms with van der Waals surface area (Å²) in [7, 11) is 0. The molecule has 1 aromatic rings. The molecule has 1 aromatic heterocycles. The third-order valence-electron chi connectivity index (χ3n) is 1.07. The van der Waals surface area contributed by atoms with Gasteiger partial charge in [0.25, 0.3) is 0 Å². The molecule has 0 radical (unpaired) electrons. The molecule has 0 aliphatic heterocycles. The first-order chi connectivity index (χ1) is 4.34. The molecule has 0 spiro atoms. The molecule has 0 saturated carbocycles. The fraction of sp³-hybridized carbons (Fsp3) is 0.143. The Morgan fingerprint density at radius 1 is 1.67 bits per heavy atom. The second-order valence-corrected chi connectivity index (χ2v) is 1.67. The Balaban J connectivity index is 3.20. The lowest BCUT2D eigenvalue weighted by Crippen LogP contribution is -1.86. The van der Waals surface area contributed by atoms with E-state index >= 15 is 0 Å². The molecule has 2 heteroatoms. The summed E-state index contributed by atoms with van der Waals surface area (Å²) >= 11 is 0. The fourth-order valence-corrected chi connectivity index (χ4v) is 0.532. The third kappa shape index (κ3) is 1.06. The number of nitrogens with zero attached hydrogens (tertiary/aromatic N) is 2. The summed E-state index contributed by atoms with van der Waals surface area (Å²) in [5.41, 5.74) is 1.62. The third-order valence-corrected chi connectivity index (χ3v) is 1.07. The van der Waals surface area contributed by atoms with E-state index in [1.807, 2.05) is 6.92 Å². The van der Waals surface area contributed by atoms with Crippen molar-refractivity contribution in [2.24, 2.45) is 0 Å². The molecule has 0 bridgehead atoms. The van der Waals surface area contributed by atoms with Crippen molar-refractivity contribution in [1.29, 1.82) is 0 Å². The van der Waals surface area contributed by atoms with E-state index in [4.69, 9.17) is 6.42 Å². The lowest BCUT2D eigenvalue weighted by Gasteiger charge is -1.91. The Kier molecular flexibility index (Phi) is 1.46. The van der Waals surface area contributed by atoms with Gasteiger partial charge in [-0.15, -0.1) is 6.42 Å². The molecule has 0 amide bonds. The topological polar surface area (TPSA) is 25.8 Å². The zero-order valence-electron chi connectivity index (χ0n) is 5.13. The molecular formula is C7H6N2. The molecule has 0 aromatic carbocycles. The highest BCUT2D eigenvalue weighted by Gasteiger charge is 1.90. The highest BCUT2D eigenvalue weighted by Crippen LogP contribution is 1.96. The maximum atomic E-state index is 5.12. The molecule has 0 saturated heterocycles. The van der Waals surface area contributed by atoms with Crippen LogP contribution in [0.25, 0.3) is 0 Å². The fourth-order valence-electron chi connectivity index (χ4n) is 0.532. The van der Waals surface area contributed by atoms with Gasteiger partial charge in [-0.25, -0.2) is 9.97 Å². The summed E-state index contributed by atoms with van der Waals surface area (Å²) in [6.45, 7) is 1.86. The van der Waals surface area contributed by atoms with Gasteiger partial charge in [0, 0.05) is 6.20 Å². The predicted molar refractivity (Wildman–Crippen MR) is 34.7 cm³/mol. The Morgan fingerprint density at radius 3 is 2.89 bits per heavy atom. The van der Waals surface area contributed by atoms with Crippen LogP contribution in [-0.2, 0) is 0 Å². The lowest BCUT2D eigenvalue weighted by molar-refractivity contribution is 1.09. The van der Waals surface area contributed by atoms with Crippen molar-refractivity contribution in [3.8, 4) is 12.3 Å². The van der Waals surface area contributed by atoms with Crippen molar-refractivity contribution in [3.63, 3.8) is 0 Å². The smallest absolute Gasteiger partial charge is 0.115 e. The van der Waals surface area contributed by atoms with Crippen LogP contribution in [-0.4, -0.2) is 9.97 Å². The number of hydrogen-bond donors (Lipinski definition) is 0. The summed E-state index contributed by atoms with van der Waals surface area (Å²) in [5, 5.41) is 0. The molecule has 0 unspecified atom stereocenters. The molecule has 1 rings (SSSR count). The summed E-state index contributed by atoms with van der Waals surface area (Å²) in [4.78, 5) is 7.66. The van der Waals surface area contributed by atoms with Gasteiger partial charge in [-0.3, -0.25) is 0 Å². The summed E-state index contributed by atoms with van der Waals surface area (Å²) in [6.07, 6.45) is 8.23. The van der Waals surface area contributed by atoms with E-state index in [0.29, 0.717) is 0 Å². The van der Waals surface area contributed by atoms with E-state index in [1.165, 1.54) is 6.33 Å². The van der Waals surface area contributed by atoms with Crippen LogP contribution >= 0.6 is 0 Å². The van der Waals surface area contributed by atoms with Crippen LogP contribution < -0.4 is 0 Å². The average Bonchev–Trinajstić information content (AvgIpc) is 1.89. The number of rotatable bonds is 0. The van der Waals surface area contributed by atoms with Crippen molar-refractivity contribution in [2.75, 3.05) is 0 Å². The van der Waals surface area contributed by atoms with Crippen LogP contribution in [0, 0.1) is 19.3 Å². The van der Waals surface area contributed by atoms with Gasteiger partial charge in [0.2, 0.25) is 0 Å². The summed E-state index contributed by atoms with van der Waals surface area (Å²) in [5.74, 6) is 2.47. The minimum Gasteiger partial charge on any atom is -0.244 e. The van der Waals surface area contributed by atoms with E-state index in [9.17, 15) is 0 Å². The Morgan fingerprint density at radius 2 is 2.44 bits per heavy atom. The van der Waals surface area contributed by atoms with Gasteiger partial charge in [0.1, 0.15) is 6.33 Å². The number of aromatic nitrogens is 2. The zero-order valence-corrected chi connectivity index (χ0v) is 5.13. The van der Waals surface area contributed by atoms with Gasteiger partial charge in [-0.1, -0.05) is 5.92 Å². The van der Waals surface area contributed by atoms with Crippen LogP contribution in [0.15, 0.2) is 12.5 Å². The SMILES string of the molecule is C#Cc1cncnc1C. The van der Waals surface area contributed by atoms with Crippen molar-refractivity contribution in [3.05, 3.63) is 23.8 Å². The van der Waals surface area contributed by atoms with Gasteiger partial charge in [0.15, 0.2) is 0 Å². The van der Waals surface area contributed by atoms with Gasteiger partial charge in [0.05, 0.1) is 11.3 Å². The molecule has 0 atom stereocenters. The van der Waals surface area contributed by atoms with Gasteiger partial charge < -0.3 is 0 Å². The second-order valence-electron chi connectivity index (χ2n) is 1.67. The molecule has 0 fully saturated rings. The highest BCUT2D eigenvalue weighted by molar-refractivity contribution is 5.31. The molecule has 0 aliphatic rings. The maximum absolute atomic E-state index is 5.12. The lowest BCUT2D eigenvalue weighted by atomic mass is 10.3. The Labute approximate surface area is 54.0 Å².